The summed E-state index contributed by atoms with van der Waals surface area (Å²) < 4.78 is 101. The zero-order valence-electron chi connectivity index (χ0n) is 28.6. The molecule has 24 heteroatoms. The Kier molecular flexibility index (Phi) is 15.6. The third-order valence-corrected chi connectivity index (χ3v) is 7.28. The van der Waals surface area contributed by atoms with Gasteiger partial charge in [-0.2, -0.15) is 44.5 Å². The molecule has 4 heterocycles. The number of carboxylic acids is 3. The van der Waals surface area contributed by atoms with E-state index in [0.29, 0.717) is 23.4 Å². The van der Waals surface area contributed by atoms with Gasteiger partial charge < -0.3 is 40.9 Å². The Morgan fingerprint density at radius 2 is 1.32 bits per heavy atom. The van der Waals surface area contributed by atoms with Crippen LogP contribution in [0.15, 0.2) is 67.0 Å². The van der Waals surface area contributed by atoms with Gasteiger partial charge in [0.1, 0.15) is 16.6 Å². The summed E-state index contributed by atoms with van der Waals surface area (Å²) in [4.78, 5) is 42.7. The second-order valence-electron chi connectivity index (χ2n) is 11.2. The standard InChI is InChI=1S/C27H26ClN7O.3C2HF3O2/c28-24-17-31-27-33-22-13-18(6-11-36-23-3-1-2-21(15-23)32-26(24)34-27)12-20(14-22)19-4-5-25(30-16-19)35-9-7-29-8-10-35;3*3-2(4,5)1(6)7/h1-5,12-17,29H,6-11H2,(H2,31,32,33,34);3*(H,6,7). The van der Waals surface area contributed by atoms with Crippen molar-refractivity contribution in [1.29, 1.82) is 0 Å². The lowest BCUT2D eigenvalue weighted by molar-refractivity contribution is -0.193. The highest BCUT2D eigenvalue weighted by Gasteiger charge is 2.39. The number of hydrogen-bond acceptors (Lipinski definition) is 11. The van der Waals surface area contributed by atoms with Gasteiger partial charge in [-0.15, -0.1) is 0 Å². The molecule has 0 aliphatic carbocycles. The quantitative estimate of drug-likeness (QED) is 0.114. The Balaban J connectivity index is 0.000000341. The van der Waals surface area contributed by atoms with E-state index in [2.05, 4.69) is 61.2 Å². The Labute approximate surface area is 320 Å². The number of benzene rings is 2. The first-order chi connectivity index (χ1) is 26.5. The molecule has 6 rings (SSSR count). The number of rotatable bonds is 2. The largest absolute Gasteiger partial charge is 0.493 e. The van der Waals surface area contributed by atoms with Crippen LogP contribution in [-0.4, -0.2) is 99.5 Å². The molecule has 1 fully saturated rings. The summed E-state index contributed by atoms with van der Waals surface area (Å²) in [5.41, 5.74) is 4.98. The minimum atomic E-state index is -5.08. The number of anilines is 5. The van der Waals surface area contributed by atoms with Gasteiger partial charge in [0.2, 0.25) is 5.95 Å². The van der Waals surface area contributed by atoms with Gasteiger partial charge in [-0.25, -0.2) is 24.4 Å². The summed E-state index contributed by atoms with van der Waals surface area (Å²) >= 11 is 6.37. The fourth-order valence-corrected chi connectivity index (χ4v) is 4.58. The van der Waals surface area contributed by atoms with E-state index in [1.54, 1.807) is 6.20 Å². The van der Waals surface area contributed by atoms with Crippen LogP contribution >= 0.6 is 11.6 Å². The molecule has 0 atom stereocenters. The summed E-state index contributed by atoms with van der Waals surface area (Å²) in [6.07, 6.45) is -11.0. The van der Waals surface area contributed by atoms with Gasteiger partial charge in [-0.3, -0.25) is 0 Å². The molecule has 2 aliphatic heterocycles. The Bertz CT molecular complexity index is 1940. The predicted octanol–water partition coefficient (Wildman–Crippen LogP) is 6.92. The van der Waals surface area contributed by atoms with Crippen LogP contribution in [0, 0.1) is 0 Å². The molecule has 4 aromatic rings. The second-order valence-corrected chi connectivity index (χ2v) is 11.6. The average Bonchev–Trinajstić information content (AvgIpc) is 3.13. The van der Waals surface area contributed by atoms with Crippen LogP contribution in [-0.2, 0) is 20.8 Å². The SMILES string of the molecule is Clc1cnc2nc1Nc1cccc(c1)OCCc1cc(cc(-c3ccc(N4CCNCC4)nc3)c1)N2.O=C(O)C(F)(F)F.O=C(O)C(F)(F)F.O=C(O)C(F)(F)F. The van der Waals surface area contributed by atoms with Crippen molar-refractivity contribution in [3.8, 4) is 16.9 Å². The van der Waals surface area contributed by atoms with Crippen LogP contribution in [0.3, 0.4) is 0 Å². The van der Waals surface area contributed by atoms with E-state index in [9.17, 15) is 39.5 Å². The molecule has 57 heavy (non-hydrogen) atoms. The van der Waals surface area contributed by atoms with E-state index in [4.69, 9.17) is 51.0 Å². The number of nitrogens with zero attached hydrogens (tertiary/aromatic N) is 4. The van der Waals surface area contributed by atoms with Crippen LogP contribution in [0.25, 0.3) is 11.1 Å². The van der Waals surface area contributed by atoms with Gasteiger partial charge in [0.25, 0.3) is 0 Å². The first-order valence-corrected chi connectivity index (χ1v) is 16.2. The van der Waals surface area contributed by atoms with Crippen LogP contribution in [0.4, 0.5) is 68.5 Å². The molecular weight excluding hydrogens is 813 g/mol. The van der Waals surface area contributed by atoms with E-state index >= 15 is 0 Å². The topological polar surface area (TPSA) is 199 Å². The number of nitrogens with one attached hydrogen (secondary N) is 3. The number of aromatic nitrogens is 3. The van der Waals surface area contributed by atoms with Crippen molar-refractivity contribution in [2.45, 2.75) is 24.9 Å². The lowest BCUT2D eigenvalue weighted by Gasteiger charge is -2.28. The molecular formula is C33H29ClF9N7O7. The van der Waals surface area contributed by atoms with Crippen molar-refractivity contribution >= 4 is 58.5 Å². The van der Waals surface area contributed by atoms with Gasteiger partial charge in [0.05, 0.1) is 12.8 Å². The maximum atomic E-state index is 10.6. The van der Waals surface area contributed by atoms with Crippen LogP contribution in [0.2, 0.25) is 5.02 Å². The zero-order valence-corrected chi connectivity index (χ0v) is 29.4. The Morgan fingerprint density at radius 1 is 0.719 bits per heavy atom. The predicted molar refractivity (Wildman–Crippen MR) is 185 cm³/mol. The number of pyridine rings is 1. The third kappa shape index (κ3) is 15.2. The van der Waals surface area contributed by atoms with Crippen LogP contribution < -0.4 is 25.6 Å². The molecule has 2 aromatic carbocycles. The number of piperazine rings is 1. The van der Waals surface area contributed by atoms with Gasteiger partial charge >= 0.3 is 36.4 Å². The number of aliphatic carboxylic acids is 3. The maximum absolute atomic E-state index is 10.6. The summed E-state index contributed by atoms with van der Waals surface area (Å²) in [6.45, 7) is 4.45. The molecule has 6 bridgehead atoms. The lowest BCUT2D eigenvalue weighted by Crippen LogP contribution is -2.43. The Morgan fingerprint density at radius 3 is 1.86 bits per heavy atom. The molecule has 14 nitrogen and oxygen atoms in total. The molecule has 0 radical (unpaired) electrons. The van der Waals surface area contributed by atoms with E-state index in [0.717, 1.165) is 72.2 Å². The molecule has 2 aliphatic rings. The smallest absolute Gasteiger partial charge is 0.490 e. The summed E-state index contributed by atoms with van der Waals surface area (Å²) in [7, 11) is 0. The first kappa shape index (κ1) is 45.3. The second kappa shape index (κ2) is 19.7. The van der Waals surface area contributed by atoms with Crippen LogP contribution in [0.1, 0.15) is 5.56 Å². The van der Waals surface area contributed by atoms with Crippen LogP contribution in [0.5, 0.6) is 5.75 Å². The van der Waals surface area contributed by atoms with Gasteiger partial charge in [0.15, 0.2) is 5.82 Å². The average molecular weight is 842 g/mol. The van der Waals surface area contributed by atoms with E-state index < -0.39 is 36.4 Å². The monoisotopic (exact) mass is 841 g/mol. The molecule has 1 saturated heterocycles. The fraction of sp³-hybridized carbons (Fsp3) is 0.273. The van der Waals surface area contributed by atoms with Gasteiger partial charge in [0, 0.05) is 61.8 Å². The highest BCUT2D eigenvalue weighted by Crippen LogP contribution is 2.31. The number of carbonyl (C=O) groups is 3. The van der Waals surface area contributed by atoms with E-state index in [-0.39, 0.29) is 0 Å². The fourth-order valence-electron chi connectivity index (χ4n) is 4.44. The molecule has 0 spiro atoms. The summed E-state index contributed by atoms with van der Waals surface area (Å²) in [5.74, 6) is -5.50. The normalized spacial score (nSPS) is 13.8. The molecule has 0 saturated carbocycles. The maximum Gasteiger partial charge on any atom is 0.490 e. The Hall–Kier alpha value is -6.10. The summed E-state index contributed by atoms with van der Waals surface area (Å²) in [6, 6.07) is 18.4. The molecule has 6 N–H and O–H groups in total. The zero-order chi connectivity index (χ0) is 42.6. The van der Waals surface area contributed by atoms with E-state index in [1.165, 1.54) is 0 Å². The summed E-state index contributed by atoms with van der Waals surface area (Å²) in [5, 5.41) is 31.8. The number of halogens is 10. The highest BCUT2D eigenvalue weighted by atomic mass is 35.5. The van der Waals surface area contributed by atoms with Gasteiger partial charge in [-0.05, 0) is 47.5 Å². The first-order valence-electron chi connectivity index (χ1n) is 15.8. The van der Waals surface area contributed by atoms with Crippen molar-refractivity contribution in [2.24, 2.45) is 0 Å². The van der Waals surface area contributed by atoms with Crippen molar-refractivity contribution in [3.05, 3.63) is 77.6 Å². The minimum Gasteiger partial charge on any atom is -0.493 e. The number of alkyl halides is 9. The molecule has 0 unspecified atom stereocenters. The van der Waals surface area contributed by atoms with E-state index in [1.807, 2.05) is 30.5 Å². The number of ether oxygens (including phenoxy) is 1. The van der Waals surface area contributed by atoms with Crippen molar-refractivity contribution < 1.29 is 74.0 Å². The minimum absolute atomic E-state index is 0.434. The molecule has 0 amide bonds. The number of hydrogen-bond donors (Lipinski definition) is 6. The molecule has 2 aromatic heterocycles. The molecule has 308 valence electrons. The highest BCUT2D eigenvalue weighted by molar-refractivity contribution is 6.32. The lowest BCUT2D eigenvalue weighted by atomic mass is 10.0. The number of fused-ring (bicyclic) bond motifs is 6. The van der Waals surface area contributed by atoms with Crippen molar-refractivity contribution in [2.75, 3.05) is 48.3 Å². The van der Waals surface area contributed by atoms with Crippen molar-refractivity contribution in [3.63, 3.8) is 0 Å². The third-order valence-electron chi connectivity index (χ3n) is 7.00. The van der Waals surface area contributed by atoms with Gasteiger partial charge in [-0.1, -0.05) is 23.7 Å². The number of carboxylic acid groups (broad SMARTS) is 3. The van der Waals surface area contributed by atoms with Crippen molar-refractivity contribution in [1.82, 2.24) is 20.3 Å².